The zero-order valence-corrected chi connectivity index (χ0v) is 16.9. The van der Waals surface area contributed by atoms with Gasteiger partial charge >= 0.3 is 11.9 Å². The largest absolute Gasteiger partial charge is 0.468 e. The third kappa shape index (κ3) is 5.08. The van der Waals surface area contributed by atoms with E-state index in [1.165, 1.54) is 28.8 Å². The van der Waals surface area contributed by atoms with Crippen molar-refractivity contribution in [1.29, 1.82) is 0 Å². The van der Waals surface area contributed by atoms with Crippen molar-refractivity contribution in [1.82, 2.24) is 4.57 Å². The maximum Gasteiger partial charge on any atom is 0.320 e. The average Bonchev–Trinajstić information content (AvgIpc) is 3.12. The standard InChI is InChI=1S/C19H20FNO7S/c1-27-18(23)14(19(24)28-2)10-11-21-15(8-9-16(21)29(3,25)26)17(22)12-4-6-13(20)7-5-12/h4-9,14H,10-11H2,1-3H3. The first-order valence-corrected chi connectivity index (χ1v) is 10.3. The number of hydrogen-bond donors (Lipinski definition) is 0. The van der Waals surface area contributed by atoms with Crippen LogP contribution in [0.25, 0.3) is 0 Å². The van der Waals surface area contributed by atoms with E-state index in [-0.39, 0.29) is 29.2 Å². The van der Waals surface area contributed by atoms with Gasteiger partial charge in [-0.15, -0.1) is 0 Å². The number of methoxy groups -OCH3 is 2. The molecule has 8 nitrogen and oxygen atoms in total. The number of aromatic nitrogens is 1. The summed E-state index contributed by atoms with van der Waals surface area (Å²) in [7, 11) is -1.50. The van der Waals surface area contributed by atoms with Crippen LogP contribution in [0.4, 0.5) is 4.39 Å². The number of ether oxygens (including phenoxy) is 2. The number of rotatable bonds is 8. The maximum absolute atomic E-state index is 13.1. The van der Waals surface area contributed by atoms with Gasteiger partial charge in [0.2, 0.25) is 5.78 Å². The number of carbonyl (C=O) groups is 3. The minimum atomic E-state index is -3.72. The Hall–Kier alpha value is -3.01. The summed E-state index contributed by atoms with van der Waals surface area (Å²) in [5, 5.41) is -0.156. The highest BCUT2D eigenvalue weighted by atomic mass is 32.2. The van der Waals surface area contributed by atoms with Crippen LogP contribution in [0.5, 0.6) is 0 Å². The molecule has 156 valence electrons. The van der Waals surface area contributed by atoms with Crippen LogP contribution in [0.1, 0.15) is 22.5 Å². The summed E-state index contributed by atoms with van der Waals surface area (Å²) in [5.41, 5.74) is 0.175. The van der Waals surface area contributed by atoms with Gasteiger partial charge in [-0.2, -0.15) is 0 Å². The van der Waals surface area contributed by atoms with Gasteiger partial charge in [0.15, 0.2) is 15.8 Å². The quantitative estimate of drug-likeness (QED) is 0.359. The molecule has 0 bridgehead atoms. The zero-order chi connectivity index (χ0) is 21.8. The molecule has 0 fully saturated rings. The average molecular weight is 425 g/mol. The van der Waals surface area contributed by atoms with Gasteiger partial charge in [0, 0.05) is 18.4 Å². The van der Waals surface area contributed by atoms with Gasteiger partial charge in [-0.05, 0) is 42.8 Å². The molecule has 0 aliphatic rings. The molecule has 29 heavy (non-hydrogen) atoms. The summed E-state index contributed by atoms with van der Waals surface area (Å²) in [6, 6.07) is 7.37. The Kier molecular flexibility index (Phi) is 6.91. The van der Waals surface area contributed by atoms with Gasteiger partial charge in [0.25, 0.3) is 0 Å². The maximum atomic E-state index is 13.1. The van der Waals surface area contributed by atoms with Crippen molar-refractivity contribution in [2.75, 3.05) is 20.5 Å². The lowest BCUT2D eigenvalue weighted by Crippen LogP contribution is -2.28. The molecular formula is C19H20FNO7S. The van der Waals surface area contributed by atoms with Crippen LogP contribution in [-0.4, -0.2) is 51.2 Å². The van der Waals surface area contributed by atoms with Crippen molar-refractivity contribution in [3.8, 4) is 0 Å². The number of benzene rings is 1. The number of carbonyl (C=O) groups excluding carboxylic acids is 3. The second-order valence-corrected chi connectivity index (χ2v) is 8.17. The Bertz CT molecular complexity index is 1010. The van der Waals surface area contributed by atoms with Crippen LogP contribution in [0.3, 0.4) is 0 Å². The van der Waals surface area contributed by atoms with E-state index in [9.17, 15) is 27.2 Å². The van der Waals surface area contributed by atoms with Crippen LogP contribution >= 0.6 is 0 Å². The first kappa shape index (κ1) is 22.3. The molecule has 1 aromatic heterocycles. The summed E-state index contributed by atoms with van der Waals surface area (Å²) >= 11 is 0. The fourth-order valence-corrected chi connectivity index (χ4v) is 3.73. The second kappa shape index (κ2) is 8.99. The monoisotopic (exact) mass is 425 g/mol. The molecule has 1 aromatic carbocycles. The van der Waals surface area contributed by atoms with Crippen LogP contribution in [0.15, 0.2) is 41.4 Å². The lowest BCUT2D eigenvalue weighted by Gasteiger charge is -2.16. The van der Waals surface area contributed by atoms with Crippen molar-refractivity contribution < 1.29 is 36.7 Å². The smallest absolute Gasteiger partial charge is 0.320 e. The summed E-state index contributed by atoms with van der Waals surface area (Å²) in [6.07, 6.45) is 0.823. The highest BCUT2D eigenvalue weighted by molar-refractivity contribution is 7.90. The highest BCUT2D eigenvalue weighted by Gasteiger charge is 2.30. The molecule has 1 heterocycles. The van der Waals surface area contributed by atoms with E-state index in [2.05, 4.69) is 9.47 Å². The topological polar surface area (TPSA) is 109 Å². The summed E-state index contributed by atoms with van der Waals surface area (Å²) < 4.78 is 47.8. The van der Waals surface area contributed by atoms with Gasteiger partial charge in [0.05, 0.1) is 19.9 Å². The Morgan fingerprint density at radius 1 is 1.00 bits per heavy atom. The Morgan fingerprint density at radius 3 is 2.03 bits per heavy atom. The van der Waals surface area contributed by atoms with Crippen molar-refractivity contribution >= 4 is 27.6 Å². The fourth-order valence-electron chi connectivity index (χ4n) is 2.83. The number of halogens is 1. The SMILES string of the molecule is COC(=O)C(CCn1c(C(=O)c2ccc(F)cc2)ccc1S(C)(=O)=O)C(=O)OC. The number of sulfone groups is 1. The predicted molar refractivity (Wildman–Crippen MR) is 99.5 cm³/mol. The minimum absolute atomic E-state index is 0.0190. The molecule has 0 aliphatic carbocycles. The van der Waals surface area contributed by atoms with E-state index >= 15 is 0 Å². The third-order valence-corrected chi connectivity index (χ3v) is 5.39. The first-order valence-electron chi connectivity index (χ1n) is 8.45. The van der Waals surface area contributed by atoms with Crippen molar-refractivity contribution in [2.24, 2.45) is 5.92 Å². The molecule has 0 saturated heterocycles. The van der Waals surface area contributed by atoms with E-state index in [1.807, 2.05) is 0 Å². The molecule has 0 N–H and O–H groups in total. The van der Waals surface area contributed by atoms with Crippen LogP contribution in [0.2, 0.25) is 0 Å². The van der Waals surface area contributed by atoms with Crippen LogP contribution in [-0.2, 0) is 35.4 Å². The van der Waals surface area contributed by atoms with Gasteiger partial charge in [0.1, 0.15) is 10.8 Å². The van der Waals surface area contributed by atoms with Crippen LogP contribution in [0, 0.1) is 11.7 Å². The van der Waals surface area contributed by atoms with E-state index in [1.54, 1.807) is 0 Å². The van der Waals surface area contributed by atoms with Gasteiger partial charge in [-0.1, -0.05) is 0 Å². The third-order valence-electron chi connectivity index (χ3n) is 4.27. The lowest BCUT2D eigenvalue weighted by molar-refractivity contribution is -0.159. The molecule has 10 heteroatoms. The van der Waals surface area contributed by atoms with Gasteiger partial charge < -0.3 is 14.0 Å². The number of nitrogens with zero attached hydrogens (tertiary/aromatic N) is 1. The summed E-state index contributed by atoms with van der Waals surface area (Å²) in [4.78, 5) is 36.6. The van der Waals surface area contributed by atoms with E-state index in [4.69, 9.17) is 0 Å². The van der Waals surface area contributed by atoms with Crippen molar-refractivity contribution in [3.05, 3.63) is 53.5 Å². The number of ketones is 1. The molecule has 0 radical (unpaired) electrons. The minimum Gasteiger partial charge on any atom is -0.468 e. The first-order chi connectivity index (χ1) is 13.6. The van der Waals surface area contributed by atoms with Gasteiger partial charge in [-0.25, -0.2) is 12.8 Å². The molecule has 0 saturated carbocycles. The number of esters is 2. The normalized spacial score (nSPS) is 11.3. The molecule has 0 spiro atoms. The Morgan fingerprint density at radius 2 is 1.55 bits per heavy atom. The summed E-state index contributed by atoms with van der Waals surface area (Å²) in [6.45, 7) is -0.146. The fraction of sp³-hybridized carbons (Fsp3) is 0.316. The van der Waals surface area contributed by atoms with E-state index in [0.717, 1.165) is 32.6 Å². The van der Waals surface area contributed by atoms with E-state index < -0.39 is 39.3 Å². The molecule has 0 aliphatic heterocycles. The molecule has 2 rings (SSSR count). The summed E-state index contributed by atoms with van der Waals surface area (Å²) in [5.74, 6) is -4.01. The molecule has 0 unspecified atom stereocenters. The second-order valence-electron chi connectivity index (χ2n) is 6.20. The number of hydrogen-bond acceptors (Lipinski definition) is 7. The predicted octanol–water partition coefficient (Wildman–Crippen LogP) is 1.61. The van der Waals surface area contributed by atoms with Crippen molar-refractivity contribution in [2.45, 2.75) is 18.0 Å². The highest BCUT2D eigenvalue weighted by Crippen LogP contribution is 2.21. The molecular weight excluding hydrogens is 405 g/mol. The zero-order valence-electron chi connectivity index (χ0n) is 16.0. The Labute approximate surface area is 167 Å². The Balaban J connectivity index is 2.44. The van der Waals surface area contributed by atoms with E-state index in [0.29, 0.717) is 0 Å². The van der Waals surface area contributed by atoms with Crippen LogP contribution < -0.4 is 0 Å². The molecule has 0 atom stereocenters. The lowest BCUT2D eigenvalue weighted by atomic mass is 10.1. The van der Waals surface area contributed by atoms with Crippen molar-refractivity contribution in [3.63, 3.8) is 0 Å². The van der Waals surface area contributed by atoms with Gasteiger partial charge in [-0.3, -0.25) is 14.4 Å². The molecule has 0 amide bonds. The molecule has 2 aromatic rings.